The summed E-state index contributed by atoms with van der Waals surface area (Å²) < 4.78 is 10.9. The highest BCUT2D eigenvalue weighted by atomic mass is 16.6. The molecular formula is C22H26N2O5. The van der Waals surface area contributed by atoms with Crippen molar-refractivity contribution in [2.45, 2.75) is 5.92 Å². The lowest BCUT2D eigenvalue weighted by Crippen LogP contribution is -2.39. The Labute approximate surface area is 170 Å². The van der Waals surface area contributed by atoms with E-state index in [-0.39, 0.29) is 25.7 Å². The van der Waals surface area contributed by atoms with Gasteiger partial charge < -0.3 is 19.9 Å². The lowest BCUT2D eigenvalue weighted by atomic mass is 9.98. The Kier molecular flexibility index (Phi) is 7.21. The molecule has 0 aliphatic heterocycles. The maximum absolute atomic E-state index is 12.6. The Morgan fingerprint density at radius 1 is 1.03 bits per heavy atom. The first-order valence-corrected chi connectivity index (χ1v) is 9.66. The van der Waals surface area contributed by atoms with Gasteiger partial charge in [-0.25, -0.2) is 4.79 Å². The van der Waals surface area contributed by atoms with Crippen LogP contribution in [0.4, 0.5) is 4.79 Å². The first kappa shape index (κ1) is 20.8. The Morgan fingerprint density at radius 3 is 2.24 bits per heavy atom. The zero-order valence-electron chi connectivity index (χ0n) is 16.5. The van der Waals surface area contributed by atoms with E-state index in [1.165, 1.54) is 0 Å². The zero-order chi connectivity index (χ0) is 20.6. The quantitative estimate of drug-likeness (QED) is 0.598. The van der Waals surface area contributed by atoms with Gasteiger partial charge in [-0.1, -0.05) is 48.5 Å². The van der Waals surface area contributed by atoms with Crippen LogP contribution < -0.4 is 5.32 Å². The fraction of sp³-hybridized carbons (Fsp3) is 0.364. The first-order chi connectivity index (χ1) is 14.1. The first-order valence-electron chi connectivity index (χ1n) is 9.66. The summed E-state index contributed by atoms with van der Waals surface area (Å²) in [5, 5.41) is 12.1. The standard InChI is InChI=1S/C22H26N2O5/c1-23-10-12-28-13-11-24(14-21(25)26)22(27)29-15-20-18-8-4-2-6-16(18)17-7-3-5-9-19(17)20/h2-9,20,23H,10-15H2,1H3,(H,25,26). The molecule has 1 aliphatic carbocycles. The number of carbonyl (C=O) groups is 2. The van der Waals surface area contributed by atoms with Gasteiger partial charge in [-0.3, -0.25) is 9.69 Å². The van der Waals surface area contributed by atoms with E-state index in [1.807, 2.05) is 43.4 Å². The molecule has 0 atom stereocenters. The average molecular weight is 398 g/mol. The van der Waals surface area contributed by atoms with Crippen LogP contribution in [0.15, 0.2) is 48.5 Å². The second kappa shape index (κ2) is 10.0. The Morgan fingerprint density at radius 2 is 1.66 bits per heavy atom. The van der Waals surface area contributed by atoms with Crippen LogP contribution >= 0.6 is 0 Å². The number of hydrogen-bond donors (Lipinski definition) is 2. The van der Waals surface area contributed by atoms with Crippen molar-refractivity contribution in [2.75, 3.05) is 46.5 Å². The van der Waals surface area contributed by atoms with Crippen LogP contribution in [-0.2, 0) is 14.3 Å². The number of aliphatic carboxylic acids is 1. The molecule has 0 radical (unpaired) electrons. The summed E-state index contributed by atoms with van der Waals surface area (Å²) in [4.78, 5) is 24.8. The van der Waals surface area contributed by atoms with E-state index in [9.17, 15) is 9.59 Å². The van der Waals surface area contributed by atoms with Gasteiger partial charge in [0.1, 0.15) is 13.2 Å². The minimum Gasteiger partial charge on any atom is -0.480 e. The van der Waals surface area contributed by atoms with Gasteiger partial charge in [0, 0.05) is 19.0 Å². The summed E-state index contributed by atoms with van der Waals surface area (Å²) in [6, 6.07) is 16.1. The molecular weight excluding hydrogens is 372 g/mol. The number of amides is 1. The lowest BCUT2D eigenvalue weighted by molar-refractivity contribution is -0.138. The molecule has 2 N–H and O–H groups in total. The lowest BCUT2D eigenvalue weighted by Gasteiger charge is -2.22. The third-order valence-corrected chi connectivity index (χ3v) is 4.92. The van der Waals surface area contributed by atoms with E-state index >= 15 is 0 Å². The summed E-state index contributed by atoms with van der Waals surface area (Å²) in [7, 11) is 1.82. The molecule has 1 amide bonds. The van der Waals surface area contributed by atoms with Crippen molar-refractivity contribution >= 4 is 12.1 Å². The summed E-state index contributed by atoms with van der Waals surface area (Å²) in [5.41, 5.74) is 4.51. The van der Waals surface area contributed by atoms with Crippen molar-refractivity contribution in [3.05, 3.63) is 59.7 Å². The molecule has 7 heteroatoms. The van der Waals surface area contributed by atoms with Crippen LogP contribution in [-0.4, -0.2) is 68.6 Å². The molecule has 0 aromatic heterocycles. The Bertz CT molecular complexity index is 809. The van der Waals surface area contributed by atoms with Gasteiger partial charge in [0.25, 0.3) is 0 Å². The van der Waals surface area contributed by atoms with Gasteiger partial charge in [-0.05, 0) is 29.3 Å². The molecule has 0 unspecified atom stereocenters. The number of nitrogens with zero attached hydrogens (tertiary/aromatic N) is 1. The van der Waals surface area contributed by atoms with E-state index < -0.39 is 18.6 Å². The molecule has 0 spiro atoms. The van der Waals surface area contributed by atoms with Crippen LogP contribution in [0, 0.1) is 0 Å². The summed E-state index contributed by atoms with van der Waals surface area (Å²) in [6.45, 7) is 1.31. The van der Waals surface area contributed by atoms with Crippen LogP contribution in [0.2, 0.25) is 0 Å². The molecule has 0 fully saturated rings. The van der Waals surface area contributed by atoms with Crippen molar-refractivity contribution in [2.24, 2.45) is 0 Å². The van der Waals surface area contributed by atoms with Crippen molar-refractivity contribution in [3.8, 4) is 11.1 Å². The fourth-order valence-electron chi connectivity index (χ4n) is 3.53. The predicted octanol–water partition coefficient (Wildman–Crippen LogP) is 2.56. The minimum absolute atomic E-state index is 0.0649. The fourth-order valence-corrected chi connectivity index (χ4v) is 3.53. The number of rotatable bonds is 10. The molecule has 0 heterocycles. The number of nitrogens with one attached hydrogen (secondary N) is 1. The Balaban J connectivity index is 1.64. The van der Waals surface area contributed by atoms with Gasteiger partial charge >= 0.3 is 12.1 Å². The number of hydrogen-bond acceptors (Lipinski definition) is 5. The number of carboxylic acids is 1. The molecule has 3 rings (SSSR count). The van der Waals surface area contributed by atoms with Crippen LogP contribution in [0.25, 0.3) is 11.1 Å². The molecule has 2 aromatic carbocycles. The third kappa shape index (κ3) is 5.13. The monoisotopic (exact) mass is 398 g/mol. The predicted molar refractivity (Wildman–Crippen MR) is 109 cm³/mol. The highest BCUT2D eigenvalue weighted by molar-refractivity contribution is 5.79. The summed E-state index contributed by atoms with van der Waals surface area (Å²) in [6.07, 6.45) is -0.647. The normalized spacial score (nSPS) is 12.3. The van der Waals surface area contributed by atoms with Crippen molar-refractivity contribution < 1.29 is 24.2 Å². The molecule has 1 aliphatic rings. The van der Waals surface area contributed by atoms with E-state index in [1.54, 1.807) is 0 Å². The topological polar surface area (TPSA) is 88.1 Å². The molecule has 0 bridgehead atoms. The number of likely N-dealkylation sites (N-methyl/N-ethyl adjacent to an activating group) is 1. The summed E-state index contributed by atoms with van der Waals surface area (Å²) in [5.74, 6) is -1.15. The van der Waals surface area contributed by atoms with Crippen LogP contribution in [0.1, 0.15) is 17.0 Å². The van der Waals surface area contributed by atoms with Crippen LogP contribution in [0.5, 0.6) is 0 Å². The van der Waals surface area contributed by atoms with Gasteiger partial charge in [-0.15, -0.1) is 0 Å². The van der Waals surface area contributed by atoms with Gasteiger partial charge in [0.05, 0.1) is 13.2 Å². The number of carboxylic acid groups (broad SMARTS) is 1. The minimum atomic E-state index is -1.09. The van der Waals surface area contributed by atoms with Crippen molar-refractivity contribution in [1.82, 2.24) is 10.2 Å². The highest BCUT2D eigenvalue weighted by Crippen LogP contribution is 2.44. The van der Waals surface area contributed by atoms with Crippen molar-refractivity contribution in [3.63, 3.8) is 0 Å². The van der Waals surface area contributed by atoms with Crippen molar-refractivity contribution in [1.29, 1.82) is 0 Å². The number of ether oxygens (including phenoxy) is 2. The van der Waals surface area contributed by atoms with Gasteiger partial charge in [0.15, 0.2) is 0 Å². The zero-order valence-corrected chi connectivity index (χ0v) is 16.5. The third-order valence-electron chi connectivity index (χ3n) is 4.92. The molecule has 29 heavy (non-hydrogen) atoms. The van der Waals surface area contributed by atoms with E-state index in [4.69, 9.17) is 14.6 Å². The van der Waals surface area contributed by atoms with E-state index in [2.05, 4.69) is 17.4 Å². The average Bonchev–Trinajstić information content (AvgIpc) is 3.04. The van der Waals surface area contributed by atoms with Crippen LogP contribution in [0.3, 0.4) is 0 Å². The largest absolute Gasteiger partial charge is 0.480 e. The molecule has 154 valence electrons. The second-order valence-electron chi connectivity index (χ2n) is 6.84. The second-order valence-corrected chi connectivity index (χ2v) is 6.84. The molecule has 2 aromatic rings. The molecule has 0 saturated heterocycles. The number of benzene rings is 2. The number of fused-ring (bicyclic) bond motifs is 3. The summed E-state index contributed by atoms with van der Waals surface area (Å²) >= 11 is 0. The maximum Gasteiger partial charge on any atom is 0.410 e. The Hall–Kier alpha value is -2.90. The van der Waals surface area contributed by atoms with E-state index in [0.717, 1.165) is 27.2 Å². The SMILES string of the molecule is CNCCOCCN(CC(=O)O)C(=O)OCC1c2ccccc2-c2ccccc21. The van der Waals surface area contributed by atoms with Gasteiger partial charge in [-0.2, -0.15) is 0 Å². The smallest absolute Gasteiger partial charge is 0.410 e. The molecule has 7 nitrogen and oxygen atoms in total. The number of carbonyl (C=O) groups excluding carboxylic acids is 1. The van der Waals surface area contributed by atoms with E-state index in [0.29, 0.717) is 13.2 Å². The highest BCUT2D eigenvalue weighted by Gasteiger charge is 2.29. The molecule has 0 saturated carbocycles. The van der Waals surface area contributed by atoms with Gasteiger partial charge in [0.2, 0.25) is 0 Å². The maximum atomic E-state index is 12.6.